The van der Waals surface area contributed by atoms with E-state index in [0.29, 0.717) is 19.5 Å². The average Bonchev–Trinajstić information content (AvgIpc) is 3.62. The molecule has 2 aromatic carbocycles. The van der Waals surface area contributed by atoms with Gasteiger partial charge in [0.2, 0.25) is 5.91 Å². The Morgan fingerprint density at radius 1 is 1.06 bits per heavy atom. The fourth-order valence-electron chi connectivity index (χ4n) is 6.17. The van der Waals surface area contributed by atoms with E-state index < -0.39 is 11.6 Å². The Balaban J connectivity index is 1.08. The van der Waals surface area contributed by atoms with Gasteiger partial charge in [-0.1, -0.05) is 42.8 Å². The molecule has 6 heteroatoms. The number of piperidine rings is 1. The molecular weight excluding hydrogens is 444 g/mol. The van der Waals surface area contributed by atoms with Gasteiger partial charge >= 0.3 is 0 Å². The zero-order valence-corrected chi connectivity index (χ0v) is 20.1. The number of carbonyl (C=O) groups excluding carboxylic acids is 1. The van der Waals surface area contributed by atoms with E-state index in [1.807, 2.05) is 0 Å². The number of benzene rings is 2. The molecule has 3 aliphatic rings. The molecule has 2 atom stereocenters. The summed E-state index contributed by atoms with van der Waals surface area (Å²) in [7, 11) is 0. The summed E-state index contributed by atoms with van der Waals surface area (Å²) in [5, 5.41) is 9.48. The molecule has 4 nitrogen and oxygen atoms in total. The number of hydrogen-bond acceptors (Lipinski definition) is 3. The van der Waals surface area contributed by atoms with Crippen LogP contribution in [0, 0.1) is 34.8 Å². The maximum Gasteiger partial charge on any atom is 0.227 e. The number of hydrogen-bond donors (Lipinski definition) is 0. The van der Waals surface area contributed by atoms with E-state index >= 15 is 0 Å². The Morgan fingerprint density at radius 2 is 1.80 bits per heavy atom. The van der Waals surface area contributed by atoms with Gasteiger partial charge in [-0.2, -0.15) is 5.26 Å². The number of halogens is 2. The molecule has 0 N–H and O–H groups in total. The lowest BCUT2D eigenvalue weighted by Gasteiger charge is -2.56. The van der Waals surface area contributed by atoms with Crippen LogP contribution in [0.15, 0.2) is 48.5 Å². The normalized spacial score (nSPS) is 24.0. The molecule has 2 aliphatic heterocycles. The highest BCUT2D eigenvalue weighted by atomic mass is 19.1. The average molecular weight is 478 g/mol. The van der Waals surface area contributed by atoms with Crippen LogP contribution in [0.3, 0.4) is 0 Å². The van der Waals surface area contributed by atoms with E-state index in [1.165, 1.54) is 37.0 Å². The van der Waals surface area contributed by atoms with Crippen LogP contribution in [0.4, 0.5) is 8.78 Å². The number of carbonyl (C=O) groups is 1. The Morgan fingerprint density at radius 3 is 2.49 bits per heavy atom. The summed E-state index contributed by atoms with van der Waals surface area (Å²) in [5.74, 6) is 0.811. The number of nitrogens with zero attached hydrogens (tertiary/aromatic N) is 3. The van der Waals surface area contributed by atoms with Gasteiger partial charge in [-0.25, -0.2) is 8.78 Å². The first-order valence-electron chi connectivity index (χ1n) is 12.9. The predicted octanol–water partition coefficient (Wildman–Crippen LogP) is 5.30. The molecule has 1 aliphatic carbocycles. The van der Waals surface area contributed by atoms with Gasteiger partial charge in [-0.15, -0.1) is 0 Å². The van der Waals surface area contributed by atoms with Gasteiger partial charge in [0.15, 0.2) is 0 Å². The van der Waals surface area contributed by atoms with Crippen molar-refractivity contribution in [2.24, 2.45) is 11.8 Å². The van der Waals surface area contributed by atoms with Gasteiger partial charge in [0.25, 0.3) is 0 Å². The second-order valence-electron chi connectivity index (χ2n) is 10.7. The van der Waals surface area contributed by atoms with Crippen LogP contribution in [0.5, 0.6) is 0 Å². The lowest BCUT2D eigenvalue weighted by atomic mass is 9.81. The highest BCUT2D eigenvalue weighted by Crippen LogP contribution is 2.51. The third kappa shape index (κ3) is 5.26. The third-order valence-corrected chi connectivity index (χ3v) is 8.47. The minimum Gasteiger partial charge on any atom is -0.338 e. The minimum absolute atomic E-state index is 0.0814. The second-order valence-corrected chi connectivity index (χ2v) is 10.7. The molecule has 2 heterocycles. The molecule has 3 fully saturated rings. The Bertz CT molecular complexity index is 1080. The maximum atomic E-state index is 14.0. The number of amides is 1. The molecule has 0 spiro atoms. The summed E-state index contributed by atoms with van der Waals surface area (Å²) in [4.78, 5) is 16.8. The third-order valence-electron chi connectivity index (χ3n) is 8.47. The fraction of sp³-hybridized carbons (Fsp3) is 0.517. The monoisotopic (exact) mass is 477 g/mol. The molecular formula is C29H33F2N3O. The van der Waals surface area contributed by atoms with Crippen molar-refractivity contribution in [2.75, 3.05) is 26.2 Å². The highest BCUT2D eigenvalue weighted by Gasteiger charge is 2.50. The van der Waals surface area contributed by atoms with Crippen molar-refractivity contribution in [2.45, 2.75) is 56.4 Å². The smallest absolute Gasteiger partial charge is 0.227 e. The second kappa shape index (κ2) is 10.1. The molecule has 2 saturated heterocycles. The number of rotatable bonds is 8. The van der Waals surface area contributed by atoms with Crippen LogP contribution in [0.1, 0.15) is 55.6 Å². The molecule has 1 amide bonds. The minimum atomic E-state index is -0.689. The van der Waals surface area contributed by atoms with Crippen molar-refractivity contribution in [1.29, 1.82) is 5.26 Å². The summed E-state index contributed by atoms with van der Waals surface area (Å²) < 4.78 is 27.1. The maximum absolute atomic E-state index is 14.0. The largest absolute Gasteiger partial charge is 0.338 e. The van der Waals surface area contributed by atoms with Crippen LogP contribution in [-0.2, 0) is 11.2 Å². The van der Waals surface area contributed by atoms with Crippen molar-refractivity contribution in [3.8, 4) is 6.07 Å². The number of likely N-dealkylation sites (tertiary alicyclic amines) is 2. The zero-order valence-electron chi connectivity index (χ0n) is 20.1. The molecule has 5 rings (SSSR count). The van der Waals surface area contributed by atoms with E-state index in [1.54, 1.807) is 4.90 Å². The van der Waals surface area contributed by atoms with Crippen LogP contribution >= 0.6 is 0 Å². The summed E-state index contributed by atoms with van der Waals surface area (Å²) in [6, 6.07) is 16.5. The summed E-state index contributed by atoms with van der Waals surface area (Å²) >= 11 is 0. The summed E-state index contributed by atoms with van der Waals surface area (Å²) in [6.07, 6.45) is 6.50. The molecule has 0 radical (unpaired) electrons. The van der Waals surface area contributed by atoms with Gasteiger partial charge in [-0.05, 0) is 73.7 Å². The molecule has 35 heavy (non-hydrogen) atoms. The summed E-state index contributed by atoms with van der Waals surface area (Å²) in [6.45, 7) is 2.95. The highest BCUT2D eigenvalue weighted by molar-refractivity contribution is 5.80. The molecule has 0 aromatic heterocycles. The first-order valence-corrected chi connectivity index (χ1v) is 12.9. The van der Waals surface area contributed by atoms with Crippen LogP contribution in [0.25, 0.3) is 0 Å². The van der Waals surface area contributed by atoms with Crippen LogP contribution < -0.4 is 0 Å². The standard InChI is InChI=1S/C29H33F2N3O/c30-25-9-8-24(27(31)18-25)17-28(35)33-19-29(20-33,12-13-32)34-14-10-21(11-15-34)6-7-23-16-26(23)22-4-2-1-3-5-22/h1-5,8-9,18,21,23,26H,6-7,10-12,14-17,19-20H2. The lowest BCUT2D eigenvalue weighted by Crippen LogP contribution is -2.72. The van der Waals surface area contributed by atoms with E-state index in [0.717, 1.165) is 49.8 Å². The van der Waals surface area contributed by atoms with Crippen LogP contribution in [-0.4, -0.2) is 47.4 Å². The van der Waals surface area contributed by atoms with Gasteiger partial charge in [0.1, 0.15) is 11.6 Å². The Hall–Kier alpha value is -2.78. The van der Waals surface area contributed by atoms with E-state index in [-0.39, 0.29) is 23.4 Å². The molecule has 184 valence electrons. The Labute approximate surface area is 206 Å². The van der Waals surface area contributed by atoms with Gasteiger partial charge in [-0.3, -0.25) is 9.69 Å². The molecule has 0 bridgehead atoms. The predicted molar refractivity (Wildman–Crippen MR) is 130 cm³/mol. The van der Waals surface area contributed by atoms with Crippen LogP contribution in [0.2, 0.25) is 0 Å². The molecule has 2 unspecified atom stereocenters. The first-order chi connectivity index (χ1) is 17.0. The summed E-state index contributed by atoms with van der Waals surface area (Å²) in [5.41, 5.74) is 1.41. The van der Waals surface area contributed by atoms with Crippen molar-refractivity contribution in [1.82, 2.24) is 9.80 Å². The topological polar surface area (TPSA) is 47.3 Å². The Kier molecular flexibility index (Phi) is 6.88. The quantitative estimate of drug-likeness (QED) is 0.519. The van der Waals surface area contributed by atoms with Gasteiger partial charge < -0.3 is 4.90 Å². The number of nitriles is 1. The molecule has 2 aromatic rings. The van der Waals surface area contributed by atoms with E-state index in [4.69, 9.17) is 0 Å². The van der Waals surface area contributed by atoms with Gasteiger partial charge in [0.05, 0.1) is 24.4 Å². The van der Waals surface area contributed by atoms with Gasteiger partial charge in [0, 0.05) is 19.2 Å². The van der Waals surface area contributed by atoms with Crippen molar-refractivity contribution < 1.29 is 13.6 Å². The zero-order chi connectivity index (χ0) is 24.4. The van der Waals surface area contributed by atoms with Crippen molar-refractivity contribution in [3.63, 3.8) is 0 Å². The van der Waals surface area contributed by atoms with Crippen molar-refractivity contribution in [3.05, 3.63) is 71.3 Å². The lowest BCUT2D eigenvalue weighted by molar-refractivity contribution is -0.147. The van der Waals surface area contributed by atoms with E-state index in [9.17, 15) is 18.8 Å². The SMILES string of the molecule is N#CCC1(N2CCC(CCC3CC3c3ccccc3)CC2)CN(C(=O)Cc2ccc(F)cc2F)C1. The first kappa shape index (κ1) is 23.9. The fourth-order valence-corrected chi connectivity index (χ4v) is 6.17. The van der Waals surface area contributed by atoms with Crippen molar-refractivity contribution >= 4 is 5.91 Å². The van der Waals surface area contributed by atoms with E-state index in [2.05, 4.69) is 41.3 Å². The molecule has 1 saturated carbocycles.